The molecule has 0 radical (unpaired) electrons. The topological polar surface area (TPSA) is 39.4 Å². The van der Waals surface area contributed by atoms with Crippen LogP contribution in [0.4, 0.5) is 0 Å². The maximum absolute atomic E-state index is 12.1. The van der Waals surface area contributed by atoms with E-state index in [1.165, 1.54) is 0 Å². The average Bonchev–Trinajstić information content (AvgIpc) is 2.75. The summed E-state index contributed by atoms with van der Waals surface area (Å²) in [5.74, 6) is 1.66. The maximum atomic E-state index is 12.1. The Morgan fingerprint density at radius 1 is 1.18 bits per heavy atom. The van der Waals surface area contributed by atoms with Crippen molar-refractivity contribution < 1.29 is 13.9 Å². The minimum absolute atomic E-state index is 0.128. The maximum Gasteiger partial charge on any atom is 0.228 e. The van der Waals surface area contributed by atoms with Crippen LogP contribution < -0.4 is 4.74 Å². The Balaban J connectivity index is 2.37. The number of rotatable bonds is 3. The number of methoxy groups -OCH3 is 1. The molecule has 0 fully saturated rings. The Kier molecular flexibility index (Phi) is 3.00. The normalized spacial score (nSPS) is 10.3. The van der Waals surface area contributed by atoms with Gasteiger partial charge in [-0.3, -0.25) is 4.79 Å². The van der Waals surface area contributed by atoms with Crippen molar-refractivity contribution in [3.8, 4) is 5.75 Å². The summed E-state index contributed by atoms with van der Waals surface area (Å²) in [4.78, 5) is 12.1. The smallest absolute Gasteiger partial charge is 0.228 e. The fraction of sp³-hybridized carbons (Fsp3) is 0.214. The van der Waals surface area contributed by atoms with E-state index in [2.05, 4.69) is 0 Å². The van der Waals surface area contributed by atoms with Gasteiger partial charge in [-0.2, -0.15) is 0 Å². The molecule has 1 aromatic carbocycles. The Hall–Kier alpha value is -2.03. The van der Waals surface area contributed by atoms with Gasteiger partial charge >= 0.3 is 0 Å². The van der Waals surface area contributed by atoms with Gasteiger partial charge in [0.2, 0.25) is 5.78 Å². The van der Waals surface area contributed by atoms with Crippen molar-refractivity contribution >= 4 is 5.78 Å². The predicted octanol–water partition coefficient (Wildman–Crippen LogP) is 3.14. The van der Waals surface area contributed by atoms with Crippen LogP contribution in [0, 0.1) is 13.8 Å². The third-order valence-electron chi connectivity index (χ3n) is 2.63. The van der Waals surface area contributed by atoms with Gasteiger partial charge in [-0.15, -0.1) is 0 Å². The summed E-state index contributed by atoms with van der Waals surface area (Å²) in [6, 6.07) is 8.83. The van der Waals surface area contributed by atoms with Crippen LogP contribution in [0.1, 0.15) is 27.4 Å². The number of ether oxygens (including phenoxy) is 1. The second-order valence-corrected chi connectivity index (χ2v) is 3.92. The molecule has 0 aliphatic carbocycles. The molecule has 3 nitrogen and oxygen atoms in total. The summed E-state index contributed by atoms with van der Waals surface area (Å²) in [5, 5.41) is 0. The van der Waals surface area contributed by atoms with Crippen molar-refractivity contribution in [2.75, 3.05) is 7.11 Å². The van der Waals surface area contributed by atoms with Crippen molar-refractivity contribution in [3.05, 3.63) is 53.0 Å². The highest BCUT2D eigenvalue weighted by atomic mass is 16.5. The van der Waals surface area contributed by atoms with E-state index in [1.54, 1.807) is 31.4 Å². The number of carbonyl (C=O) groups excluding carboxylic acids is 1. The molecule has 0 amide bonds. The van der Waals surface area contributed by atoms with Crippen LogP contribution in [0.15, 0.2) is 34.7 Å². The monoisotopic (exact) mass is 230 g/mol. The van der Waals surface area contributed by atoms with Gasteiger partial charge in [-0.05, 0) is 37.6 Å². The summed E-state index contributed by atoms with van der Waals surface area (Å²) in [6.07, 6.45) is 0. The van der Waals surface area contributed by atoms with Gasteiger partial charge in [-0.1, -0.05) is 12.1 Å². The molecular weight excluding hydrogens is 216 g/mol. The first kappa shape index (κ1) is 11.5. The molecule has 0 saturated heterocycles. The number of aryl methyl sites for hydroxylation is 2. The highest BCUT2D eigenvalue weighted by Crippen LogP contribution is 2.21. The van der Waals surface area contributed by atoms with E-state index >= 15 is 0 Å². The van der Waals surface area contributed by atoms with Crippen molar-refractivity contribution in [1.29, 1.82) is 0 Å². The molecule has 0 spiro atoms. The first-order valence-corrected chi connectivity index (χ1v) is 5.37. The number of benzene rings is 1. The Bertz CT molecular complexity index is 552. The third-order valence-corrected chi connectivity index (χ3v) is 2.63. The van der Waals surface area contributed by atoms with Gasteiger partial charge in [0.25, 0.3) is 0 Å². The van der Waals surface area contributed by atoms with Crippen LogP contribution in [0.25, 0.3) is 0 Å². The predicted molar refractivity (Wildman–Crippen MR) is 64.6 cm³/mol. The van der Waals surface area contributed by atoms with Crippen LogP contribution in [0.2, 0.25) is 0 Å². The molecule has 0 bridgehead atoms. The second kappa shape index (κ2) is 4.45. The molecular formula is C14H14O3. The Morgan fingerprint density at radius 2 is 1.94 bits per heavy atom. The highest BCUT2D eigenvalue weighted by molar-refractivity contribution is 6.07. The molecule has 88 valence electrons. The van der Waals surface area contributed by atoms with Crippen molar-refractivity contribution in [1.82, 2.24) is 0 Å². The standard InChI is InChI=1S/C14H14O3/c1-9-4-6-11(8-13(9)16-3)14(15)12-7-5-10(2)17-12/h4-8H,1-3H3. The lowest BCUT2D eigenvalue weighted by atomic mass is 10.1. The summed E-state index contributed by atoms with van der Waals surface area (Å²) in [7, 11) is 1.59. The van der Waals surface area contributed by atoms with Crippen molar-refractivity contribution in [2.24, 2.45) is 0 Å². The van der Waals surface area contributed by atoms with Crippen LogP contribution in [0.5, 0.6) is 5.75 Å². The number of carbonyl (C=O) groups is 1. The molecule has 0 aliphatic rings. The number of hydrogen-bond donors (Lipinski definition) is 0. The average molecular weight is 230 g/mol. The van der Waals surface area contributed by atoms with Crippen LogP contribution in [-0.2, 0) is 0 Å². The fourth-order valence-electron chi connectivity index (χ4n) is 1.66. The summed E-state index contributed by atoms with van der Waals surface area (Å²) in [5.41, 5.74) is 1.57. The van der Waals surface area contributed by atoms with Crippen LogP contribution >= 0.6 is 0 Å². The number of hydrogen-bond acceptors (Lipinski definition) is 3. The zero-order valence-corrected chi connectivity index (χ0v) is 10.1. The van der Waals surface area contributed by atoms with Gasteiger partial charge in [0.05, 0.1) is 7.11 Å². The van der Waals surface area contributed by atoms with E-state index < -0.39 is 0 Å². The molecule has 1 heterocycles. The molecule has 17 heavy (non-hydrogen) atoms. The quantitative estimate of drug-likeness (QED) is 0.760. The molecule has 0 saturated carbocycles. The number of ketones is 1. The van der Waals surface area contributed by atoms with Crippen molar-refractivity contribution in [2.45, 2.75) is 13.8 Å². The van der Waals surface area contributed by atoms with Crippen LogP contribution in [-0.4, -0.2) is 12.9 Å². The van der Waals surface area contributed by atoms with E-state index in [0.717, 1.165) is 11.3 Å². The molecule has 0 atom stereocenters. The lowest BCUT2D eigenvalue weighted by Gasteiger charge is -2.05. The van der Waals surface area contributed by atoms with Gasteiger partial charge in [-0.25, -0.2) is 0 Å². The van der Waals surface area contributed by atoms with Gasteiger partial charge in [0.1, 0.15) is 11.5 Å². The molecule has 2 rings (SSSR count). The summed E-state index contributed by atoms with van der Waals surface area (Å²) >= 11 is 0. The lowest BCUT2D eigenvalue weighted by molar-refractivity contribution is 0.101. The zero-order valence-electron chi connectivity index (χ0n) is 10.1. The van der Waals surface area contributed by atoms with Crippen LogP contribution in [0.3, 0.4) is 0 Å². The summed E-state index contributed by atoms with van der Waals surface area (Å²) < 4.78 is 10.5. The van der Waals surface area contributed by atoms with E-state index in [-0.39, 0.29) is 5.78 Å². The van der Waals surface area contributed by atoms with E-state index in [1.807, 2.05) is 19.9 Å². The molecule has 3 heteroatoms. The minimum atomic E-state index is -0.128. The van der Waals surface area contributed by atoms with Gasteiger partial charge in [0, 0.05) is 5.56 Å². The van der Waals surface area contributed by atoms with Gasteiger partial charge in [0.15, 0.2) is 5.76 Å². The molecule has 0 unspecified atom stereocenters. The zero-order chi connectivity index (χ0) is 12.4. The molecule has 0 aliphatic heterocycles. The third kappa shape index (κ3) is 2.23. The summed E-state index contributed by atoms with van der Waals surface area (Å²) in [6.45, 7) is 3.75. The Labute approximate surface area is 100 Å². The van der Waals surface area contributed by atoms with Gasteiger partial charge < -0.3 is 9.15 Å². The van der Waals surface area contributed by atoms with E-state index in [9.17, 15) is 4.79 Å². The first-order valence-electron chi connectivity index (χ1n) is 5.37. The number of furan rings is 1. The lowest BCUT2D eigenvalue weighted by Crippen LogP contribution is -2.00. The largest absolute Gasteiger partial charge is 0.496 e. The molecule has 2 aromatic rings. The SMILES string of the molecule is COc1cc(C(=O)c2ccc(C)o2)ccc1C. The molecule has 1 aromatic heterocycles. The second-order valence-electron chi connectivity index (χ2n) is 3.92. The molecule has 0 N–H and O–H groups in total. The van der Waals surface area contributed by atoms with Crippen molar-refractivity contribution in [3.63, 3.8) is 0 Å². The van der Waals surface area contributed by atoms with E-state index in [4.69, 9.17) is 9.15 Å². The minimum Gasteiger partial charge on any atom is -0.496 e. The fourth-order valence-corrected chi connectivity index (χ4v) is 1.66. The first-order chi connectivity index (χ1) is 8.11. The van der Waals surface area contributed by atoms with E-state index in [0.29, 0.717) is 17.1 Å². The Morgan fingerprint density at radius 3 is 2.53 bits per heavy atom. The highest BCUT2D eigenvalue weighted by Gasteiger charge is 2.14.